The third kappa shape index (κ3) is 4.57. The van der Waals surface area contributed by atoms with E-state index in [1.807, 2.05) is 6.92 Å². The topological polar surface area (TPSA) is 117 Å². The number of hydrogen-bond acceptors (Lipinski definition) is 5. The Balaban J connectivity index is 2.46. The number of aromatic nitrogens is 2. The first-order valence-electron chi connectivity index (χ1n) is 6.00. The fourth-order valence-corrected chi connectivity index (χ4v) is 1.44. The van der Waals surface area contributed by atoms with Crippen molar-refractivity contribution in [2.45, 2.75) is 39.8 Å². The maximum Gasteiger partial charge on any atom is 0.326 e. The minimum Gasteiger partial charge on any atom is -0.480 e. The smallest absolute Gasteiger partial charge is 0.326 e. The molecular formula is C11H18N4O4. The van der Waals surface area contributed by atoms with Crippen molar-refractivity contribution < 1.29 is 19.2 Å². The van der Waals surface area contributed by atoms with E-state index in [1.165, 1.54) is 0 Å². The average molecular weight is 270 g/mol. The first kappa shape index (κ1) is 14.9. The molecule has 8 heteroatoms. The van der Waals surface area contributed by atoms with Crippen molar-refractivity contribution in [3.05, 3.63) is 11.7 Å². The summed E-state index contributed by atoms with van der Waals surface area (Å²) in [6, 6.07) is -1.50. The zero-order valence-electron chi connectivity index (χ0n) is 11.1. The van der Waals surface area contributed by atoms with Crippen LogP contribution in [0.2, 0.25) is 0 Å². The molecule has 106 valence electrons. The van der Waals surface area contributed by atoms with E-state index in [-0.39, 0.29) is 18.4 Å². The number of nitrogens with zero attached hydrogens (tertiary/aromatic N) is 2. The van der Waals surface area contributed by atoms with Crippen LogP contribution in [0.4, 0.5) is 4.79 Å². The zero-order valence-corrected chi connectivity index (χ0v) is 11.1. The number of rotatable bonds is 6. The Bertz CT molecular complexity index is 446. The van der Waals surface area contributed by atoms with Crippen LogP contribution in [-0.2, 0) is 11.3 Å². The van der Waals surface area contributed by atoms with Gasteiger partial charge < -0.3 is 20.3 Å². The van der Waals surface area contributed by atoms with Gasteiger partial charge in [0.2, 0.25) is 5.89 Å². The third-order valence-corrected chi connectivity index (χ3v) is 2.74. The van der Waals surface area contributed by atoms with E-state index in [4.69, 9.17) is 9.63 Å². The number of carboxylic acids is 1. The predicted octanol–water partition coefficient (Wildman–Crippen LogP) is 0.677. The van der Waals surface area contributed by atoms with Crippen molar-refractivity contribution in [1.29, 1.82) is 0 Å². The van der Waals surface area contributed by atoms with E-state index < -0.39 is 18.0 Å². The quantitative estimate of drug-likeness (QED) is 0.699. The summed E-state index contributed by atoms with van der Waals surface area (Å²) < 4.78 is 4.82. The van der Waals surface area contributed by atoms with Gasteiger partial charge in [0.15, 0.2) is 5.82 Å². The molecule has 0 saturated heterocycles. The molecule has 0 aromatic carbocycles. The summed E-state index contributed by atoms with van der Waals surface area (Å²) in [7, 11) is 0. The highest BCUT2D eigenvalue weighted by Gasteiger charge is 2.25. The lowest BCUT2D eigenvalue weighted by Gasteiger charge is -2.20. The first-order chi connectivity index (χ1) is 8.93. The lowest BCUT2D eigenvalue weighted by atomic mass is 9.99. The SMILES string of the molecule is CCC(C)[C@H](NC(=O)NCc1nc(C)no1)C(=O)O. The Morgan fingerprint density at radius 2 is 2.16 bits per heavy atom. The van der Waals surface area contributed by atoms with Gasteiger partial charge in [0, 0.05) is 0 Å². The summed E-state index contributed by atoms with van der Waals surface area (Å²) in [4.78, 5) is 26.5. The molecule has 19 heavy (non-hydrogen) atoms. The standard InChI is InChI=1S/C11H18N4O4/c1-4-6(2)9(10(16)17)14-11(18)12-5-8-13-7(3)15-19-8/h6,9H,4-5H2,1-3H3,(H,16,17)(H2,12,14,18)/t6?,9-/m0/s1. The molecule has 0 saturated carbocycles. The first-order valence-corrected chi connectivity index (χ1v) is 6.00. The van der Waals surface area contributed by atoms with Crippen molar-refractivity contribution in [1.82, 2.24) is 20.8 Å². The number of aryl methyl sites for hydroxylation is 1. The summed E-state index contributed by atoms with van der Waals surface area (Å²) in [5.41, 5.74) is 0. The number of carboxylic acid groups (broad SMARTS) is 1. The Morgan fingerprint density at radius 1 is 1.47 bits per heavy atom. The lowest BCUT2D eigenvalue weighted by Crippen LogP contribution is -2.48. The molecule has 2 amide bonds. The molecule has 1 unspecified atom stereocenters. The van der Waals surface area contributed by atoms with Crippen molar-refractivity contribution in [2.24, 2.45) is 5.92 Å². The predicted molar refractivity (Wildman–Crippen MR) is 65.3 cm³/mol. The summed E-state index contributed by atoms with van der Waals surface area (Å²) in [5, 5.41) is 17.5. The van der Waals surface area contributed by atoms with Crippen LogP contribution in [0.3, 0.4) is 0 Å². The number of urea groups is 1. The normalized spacial score (nSPS) is 13.6. The molecule has 1 rings (SSSR count). The molecule has 0 bridgehead atoms. The lowest BCUT2D eigenvalue weighted by molar-refractivity contribution is -0.140. The van der Waals surface area contributed by atoms with Gasteiger partial charge in [-0.05, 0) is 12.8 Å². The fourth-order valence-electron chi connectivity index (χ4n) is 1.44. The summed E-state index contributed by atoms with van der Waals surface area (Å²) in [6.07, 6.45) is 0.653. The molecule has 0 aliphatic carbocycles. The molecule has 8 nitrogen and oxygen atoms in total. The molecule has 0 radical (unpaired) electrons. The van der Waals surface area contributed by atoms with E-state index in [0.29, 0.717) is 12.2 Å². The summed E-state index contributed by atoms with van der Waals surface area (Å²) in [6.45, 7) is 5.35. The molecule has 3 N–H and O–H groups in total. The highest BCUT2D eigenvalue weighted by Crippen LogP contribution is 2.07. The number of carbonyl (C=O) groups is 2. The van der Waals surface area contributed by atoms with E-state index in [2.05, 4.69) is 20.8 Å². The van der Waals surface area contributed by atoms with Crippen LogP contribution in [0.15, 0.2) is 4.52 Å². The van der Waals surface area contributed by atoms with Crippen LogP contribution < -0.4 is 10.6 Å². The van der Waals surface area contributed by atoms with E-state index in [0.717, 1.165) is 0 Å². The highest BCUT2D eigenvalue weighted by molar-refractivity contribution is 5.82. The molecule has 0 aliphatic rings. The Kier molecular flexibility index (Phi) is 5.28. The van der Waals surface area contributed by atoms with Gasteiger partial charge in [0.05, 0.1) is 6.54 Å². The molecule has 2 atom stereocenters. The second kappa shape index (κ2) is 6.72. The van der Waals surface area contributed by atoms with Crippen molar-refractivity contribution in [3.8, 4) is 0 Å². The van der Waals surface area contributed by atoms with Gasteiger partial charge in [0.1, 0.15) is 6.04 Å². The van der Waals surface area contributed by atoms with Crippen molar-refractivity contribution in [3.63, 3.8) is 0 Å². The Labute approximate surface area is 110 Å². The summed E-state index contributed by atoms with van der Waals surface area (Å²) in [5.74, 6) is -0.477. The maximum atomic E-state index is 11.6. The number of amides is 2. The molecule has 0 spiro atoms. The number of aliphatic carboxylic acids is 1. The number of hydrogen-bond donors (Lipinski definition) is 3. The van der Waals surface area contributed by atoms with Crippen LogP contribution in [0.5, 0.6) is 0 Å². The summed E-state index contributed by atoms with van der Waals surface area (Å²) >= 11 is 0. The van der Waals surface area contributed by atoms with E-state index >= 15 is 0 Å². The number of nitrogens with one attached hydrogen (secondary N) is 2. The molecule has 0 aliphatic heterocycles. The molecular weight excluding hydrogens is 252 g/mol. The van der Waals surface area contributed by atoms with Gasteiger partial charge in [-0.25, -0.2) is 9.59 Å². The van der Waals surface area contributed by atoms with Crippen LogP contribution in [0.25, 0.3) is 0 Å². The van der Waals surface area contributed by atoms with Crippen LogP contribution in [0, 0.1) is 12.8 Å². The van der Waals surface area contributed by atoms with Gasteiger partial charge >= 0.3 is 12.0 Å². The average Bonchev–Trinajstić information content (AvgIpc) is 2.78. The Hall–Kier alpha value is -2.12. The molecule has 0 fully saturated rings. The largest absolute Gasteiger partial charge is 0.480 e. The van der Waals surface area contributed by atoms with Gasteiger partial charge in [0.25, 0.3) is 0 Å². The Morgan fingerprint density at radius 3 is 2.63 bits per heavy atom. The van der Waals surface area contributed by atoms with Gasteiger partial charge in [-0.3, -0.25) is 0 Å². The van der Waals surface area contributed by atoms with Gasteiger partial charge in [-0.2, -0.15) is 4.98 Å². The van der Waals surface area contributed by atoms with Gasteiger partial charge in [-0.1, -0.05) is 25.4 Å². The molecule has 1 aromatic heterocycles. The van der Waals surface area contributed by atoms with Crippen LogP contribution in [-0.4, -0.2) is 33.3 Å². The van der Waals surface area contributed by atoms with Crippen LogP contribution in [0.1, 0.15) is 32.0 Å². The molecule has 1 heterocycles. The highest BCUT2D eigenvalue weighted by atomic mass is 16.5. The minimum atomic E-state index is -1.06. The second-order valence-electron chi connectivity index (χ2n) is 4.26. The monoisotopic (exact) mass is 270 g/mol. The third-order valence-electron chi connectivity index (χ3n) is 2.74. The second-order valence-corrected chi connectivity index (χ2v) is 4.26. The van der Waals surface area contributed by atoms with Gasteiger partial charge in [-0.15, -0.1) is 0 Å². The maximum absolute atomic E-state index is 11.6. The van der Waals surface area contributed by atoms with E-state index in [9.17, 15) is 9.59 Å². The zero-order chi connectivity index (χ0) is 14.4. The molecule has 1 aromatic rings. The van der Waals surface area contributed by atoms with Crippen LogP contribution >= 0.6 is 0 Å². The number of carbonyl (C=O) groups excluding carboxylic acids is 1. The van der Waals surface area contributed by atoms with Crippen molar-refractivity contribution in [2.75, 3.05) is 0 Å². The minimum absolute atomic E-state index is 0.0551. The fraction of sp³-hybridized carbons (Fsp3) is 0.636. The van der Waals surface area contributed by atoms with Crippen molar-refractivity contribution >= 4 is 12.0 Å². The van der Waals surface area contributed by atoms with E-state index in [1.54, 1.807) is 13.8 Å².